The van der Waals surface area contributed by atoms with Crippen LogP contribution in [0.3, 0.4) is 0 Å². The lowest BCUT2D eigenvalue weighted by molar-refractivity contribution is -0.123. The first-order chi connectivity index (χ1) is 9.50. The molecule has 1 fully saturated rings. The molecule has 5 heteroatoms. The van der Waals surface area contributed by atoms with Crippen molar-refractivity contribution in [2.24, 2.45) is 11.7 Å². The van der Waals surface area contributed by atoms with Gasteiger partial charge in [-0.2, -0.15) is 0 Å². The van der Waals surface area contributed by atoms with Gasteiger partial charge in [-0.1, -0.05) is 54.4 Å². The normalized spacial score (nSPS) is 18.3. The molecule has 0 heterocycles. The molecule has 118 valence electrons. The van der Waals surface area contributed by atoms with Gasteiger partial charge in [-0.25, -0.2) is 0 Å². The zero-order chi connectivity index (χ0) is 14.8. The van der Waals surface area contributed by atoms with E-state index in [1.165, 1.54) is 5.56 Å². The molecule has 21 heavy (non-hydrogen) atoms. The van der Waals surface area contributed by atoms with Crippen molar-refractivity contribution in [1.29, 1.82) is 0 Å². The minimum Gasteiger partial charge on any atom is -0.354 e. The van der Waals surface area contributed by atoms with Gasteiger partial charge in [-0.15, -0.1) is 12.4 Å². The lowest BCUT2D eigenvalue weighted by atomic mass is 9.95. The number of nitrogens with one attached hydrogen (secondary N) is 1. The molecule has 0 spiro atoms. The summed E-state index contributed by atoms with van der Waals surface area (Å²) in [5, 5.41) is 3.04. The van der Waals surface area contributed by atoms with Crippen LogP contribution in [-0.4, -0.2) is 18.5 Å². The van der Waals surface area contributed by atoms with E-state index in [1.807, 2.05) is 19.1 Å². The largest absolute Gasteiger partial charge is 0.354 e. The smallest absolute Gasteiger partial charge is 0.237 e. The fraction of sp³-hybridized carbons (Fsp3) is 0.562. The van der Waals surface area contributed by atoms with Gasteiger partial charge in [0.15, 0.2) is 0 Å². The minimum atomic E-state index is -0.407. The van der Waals surface area contributed by atoms with E-state index in [1.54, 1.807) is 0 Å². The van der Waals surface area contributed by atoms with Gasteiger partial charge in [0.05, 0.1) is 6.04 Å². The number of amides is 1. The number of carbonyl (C=O) groups excluding carboxylic acids is 1. The van der Waals surface area contributed by atoms with Gasteiger partial charge in [0, 0.05) is 16.4 Å². The molecule has 1 saturated carbocycles. The molecule has 0 bridgehead atoms. The van der Waals surface area contributed by atoms with Crippen LogP contribution in [0.2, 0.25) is 0 Å². The van der Waals surface area contributed by atoms with E-state index >= 15 is 0 Å². The average Bonchev–Trinajstić information content (AvgIpc) is 3.24. The molecule has 1 aliphatic rings. The summed E-state index contributed by atoms with van der Waals surface area (Å²) in [4.78, 5) is 12.1. The van der Waals surface area contributed by atoms with Gasteiger partial charge >= 0.3 is 0 Å². The van der Waals surface area contributed by atoms with Gasteiger partial charge < -0.3 is 11.1 Å². The fourth-order valence-electron chi connectivity index (χ4n) is 2.47. The number of nitrogens with two attached hydrogens (primary N) is 1. The van der Waals surface area contributed by atoms with Crippen molar-refractivity contribution in [3.8, 4) is 0 Å². The number of hydrogen-bond donors (Lipinski definition) is 2. The van der Waals surface area contributed by atoms with Crippen LogP contribution in [0.5, 0.6) is 0 Å². The summed E-state index contributed by atoms with van der Waals surface area (Å²) in [6.07, 6.45) is 3.16. The van der Waals surface area contributed by atoms with Crippen molar-refractivity contribution < 1.29 is 4.79 Å². The highest BCUT2D eigenvalue weighted by Gasteiger charge is 2.45. The molecule has 2 rings (SSSR count). The first-order valence-corrected chi connectivity index (χ1v) is 8.08. The van der Waals surface area contributed by atoms with E-state index in [0.29, 0.717) is 6.54 Å². The van der Waals surface area contributed by atoms with Crippen molar-refractivity contribution in [2.45, 2.75) is 44.6 Å². The average molecular weight is 376 g/mol. The molecule has 3 nitrogen and oxygen atoms in total. The van der Waals surface area contributed by atoms with Gasteiger partial charge in [0.2, 0.25) is 5.91 Å². The first kappa shape index (κ1) is 18.5. The summed E-state index contributed by atoms with van der Waals surface area (Å²) >= 11 is 3.61. The summed E-state index contributed by atoms with van der Waals surface area (Å²) in [6.45, 7) is 4.75. The number of rotatable bonds is 6. The van der Waals surface area contributed by atoms with Crippen LogP contribution >= 0.6 is 28.3 Å². The Bertz CT molecular complexity index is 491. The molecule has 2 atom stereocenters. The van der Waals surface area contributed by atoms with Gasteiger partial charge in [-0.05, 0) is 30.4 Å². The van der Waals surface area contributed by atoms with Gasteiger partial charge in [0.1, 0.15) is 0 Å². The summed E-state index contributed by atoms with van der Waals surface area (Å²) < 4.78 is 1.12. The Kier molecular flexibility index (Phi) is 6.70. The van der Waals surface area contributed by atoms with Crippen molar-refractivity contribution in [2.75, 3.05) is 6.54 Å². The van der Waals surface area contributed by atoms with E-state index in [-0.39, 0.29) is 29.6 Å². The molecule has 3 N–H and O–H groups in total. The highest BCUT2D eigenvalue weighted by atomic mass is 79.9. The Balaban J connectivity index is 0.00000220. The maximum absolute atomic E-state index is 12.1. The molecule has 0 radical (unpaired) electrons. The summed E-state index contributed by atoms with van der Waals surface area (Å²) in [6, 6.07) is 7.85. The van der Waals surface area contributed by atoms with Crippen LogP contribution in [0.4, 0.5) is 0 Å². The lowest BCUT2D eigenvalue weighted by Gasteiger charge is -2.22. The monoisotopic (exact) mass is 374 g/mol. The molecule has 1 aliphatic carbocycles. The van der Waals surface area contributed by atoms with Crippen LogP contribution < -0.4 is 11.1 Å². The molecule has 0 aliphatic heterocycles. The van der Waals surface area contributed by atoms with E-state index in [4.69, 9.17) is 5.73 Å². The van der Waals surface area contributed by atoms with Crippen molar-refractivity contribution in [1.82, 2.24) is 5.32 Å². The van der Waals surface area contributed by atoms with E-state index in [2.05, 4.69) is 40.3 Å². The van der Waals surface area contributed by atoms with Crippen LogP contribution in [-0.2, 0) is 10.2 Å². The molecule has 1 amide bonds. The second-order valence-corrected chi connectivity index (χ2v) is 6.74. The standard InChI is InChI=1S/C16H23BrN2O.ClH/c1-3-11(2)14(18)15(20)19-10-16(8-9-16)12-6-4-5-7-13(12)17;/h4-7,11,14H,3,8-10,18H2,1-2H3,(H,19,20);1H. The second-order valence-electron chi connectivity index (χ2n) is 5.89. The lowest BCUT2D eigenvalue weighted by Crippen LogP contribution is -2.46. The summed E-state index contributed by atoms with van der Waals surface area (Å²) in [5.41, 5.74) is 7.36. The van der Waals surface area contributed by atoms with Crippen molar-refractivity contribution in [3.63, 3.8) is 0 Å². The van der Waals surface area contributed by atoms with Gasteiger partial charge in [-0.3, -0.25) is 4.79 Å². The highest BCUT2D eigenvalue weighted by Crippen LogP contribution is 2.49. The summed E-state index contributed by atoms with van der Waals surface area (Å²) in [5.74, 6) is 0.186. The molecular weight excluding hydrogens is 352 g/mol. The molecule has 2 unspecified atom stereocenters. The minimum absolute atomic E-state index is 0. The molecular formula is C16H24BrClN2O. The third kappa shape index (κ3) is 4.21. The van der Waals surface area contributed by atoms with Crippen LogP contribution in [0.15, 0.2) is 28.7 Å². The number of carbonyl (C=O) groups is 1. The Hall–Kier alpha value is -0.580. The zero-order valence-electron chi connectivity index (χ0n) is 12.6. The Labute approximate surface area is 141 Å². The number of benzene rings is 1. The Morgan fingerprint density at radius 3 is 2.57 bits per heavy atom. The Morgan fingerprint density at radius 1 is 1.43 bits per heavy atom. The topological polar surface area (TPSA) is 55.1 Å². The predicted molar refractivity (Wildman–Crippen MR) is 92.7 cm³/mol. The maximum atomic E-state index is 12.1. The van der Waals surface area contributed by atoms with E-state index < -0.39 is 6.04 Å². The van der Waals surface area contributed by atoms with Crippen LogP contribution in [0.1, 0.15) is 38.7 Å². The quantitative estimate of drug-likeness (QED) is 0.800. The SMILES string of the molecule is CCC(C)C(N)C(=O)NCC1(c2ccccc2Br)CC1.Cl. The second kappa shape index (κ2) is 7.61. The number of hydrogen-bond acceptors (Lipinski definition) is 2. The van der Waals surface area contributed by atoms with Crippen molar-refractivity contribution in [3.05, 3.63) is 34.3 Å². The molecule has 1 aromatic carbocycles. The van der Waals surface area contributed by atoms with E-state index in [9.17, 15) is 4.79 Å². The molecule has 0 aromatic heterocycles. The van der Waals surface area contributed by atoms with Crippen LogP contribution in [0.25, 0.3) is 0 Å². The first-order valence-electron chi connectivity index (χ1n) is 7.28. The third-order valence-corrected chi connectivity index (χ3v) is 5.15. The maximum Gasteiger partial charge on any atom is 0.237 e. The number of halogens is 2. The fourth-order valence-corrected chi connectivity index (χ4v) is 3.18. The third-order valence-electron chi connectivity index (χ3n) is 4.46. The molecule has 0 saturated heterocycles. The van der Waals surface area contributed by atoms with Gasteiger partial charge in [0.25, 0.3) is 0 Å². The zero-order valence-corrected chi connectivity index (χ0v) is 15.0. The van der Waals surface area contributed by atoms with E-state index in [0.717, 1.165) is 23.7 Å². The Morgan fingerprint density at radius 2 is 2.05 bits per heavy atom. The molecule has 1 aromatic rings. The summed E-state index contributed by atoms with van der Waals surface area (Å²) in [7, 11) is 0. The van der Waals surface area contributed by atoms with Crippen molar-refractivity contribution >= 4 is 34.2 Å². The predicted octanol–water partition coefficient (Wildman–Crippen LogP) is 3.39. The van der Waals surface area contributed by atoms with Crippen LogP contribution in [0, 0.1) is 5.92 Å². The highest BCUT2D eigenvalue weighted by molar-refractivity contribution is 9.10.